The Bertz CT molecular complexity index is 832. The van der Waals surface area contributed by atoms with E-state index < -0.39 is 16.2 Å². The van der Waals surface area contributed by atoms with Crippen molar-refractivity contribution in [3.8, 4) is 5.75 Å². The van der Waals surface area contributed by atoms with Gasteiger partial charge in [0, 0.05) is 6.54 Å². The molecule has 7 heteroatoms. The van der Waals surface area contributed by atoms with Crippen LogP contribution in [0.2, 0.25) is 0 Å². The molecule has 0 saturated heterocycles. The van der Waals surface area contributed by atoms with Gasteiger partial charge in [-0.3, -0.25) is 4.79 Å². The molecule has 146 valence electrons. The summed E-state index contributed by atoms with van der Waals surface area (Å²) in [5.74, 6) is -0.0859. The molecule has 0 aliphatic rings. The van der Waals surface area contributed by atoms with E-state index in [1.54, 1.807) is 24.3 Å². The second-order valence-electron chi connectivity index (χ2n) is 6.54. The quantitative estimate of drug-likeness (QED) is 0.523. The number of hydrogen-bond donors (Lipinski definition) is 1. The van der Waals surface area contributed by atoms with Crippen LogP contribution < -0.4 is 9.50 Å². The smallest absolute Gasteiger partial charge is 0.323 e. The van der Waals surface area contributed by atoms with Gasteiger partial charge in [-0.25, -0.2) is 0 Å². The van der Waals surface area contributed by atoms with Crippen LogP contribution in [-0.2, 0) is 32.6 Å². The van der Waals surface area contributed by atoms with E-state index >= 15 is 0 Å². The predicted octanol–water partition coefficient (Wildman–Crippen LogP) is 2.68. The molecule has 0 aliphatic heterocycles. The van der Waals surface area contributed by atoms with E-state index in [9.17, 15) is 13.2 Å². The molecule has 0 spiro atoms. The van der Waals surface area contributed by atoms with E-state index in [2.05, 4.69) is 5.32 Å². The first kappa shape index (κ1) is 20.9. The Morgan fingerprint density at radius 2 is 1.63 bits per heavy atom. The van der Waals surface area contributed by atoms with Crippen molar-refractivity contribution in [1.82, 2.24) is 5.32 Å². The third kappa shape index (κ3) is 7.80. The number of nitrogens with one attached hydrogen (secondary N) is 1. The van der Waals surface area contributed by atoms with Gasteiger partial charge in [-0.15, -0.1) is 0 Å². The van der Waals surface area contributed by atoms with Crippen molar-refractivity contribution < 1.29 is 22.1 Å². The summed E-state index contributed by atoms with van der Waals surface area (Å²) >= 11 is 0. The van der Waals surface area contributed by atoms with Crippen molar-refractivity contribution in [2.45, 2.75) is 39.0 Å². The van der Waals surface area contributed by atoms with Crippen LogP contribution in [0.5, 0.6) is 5.75 Å². The molecule has 0 fully saturated rings. The summed E-state index contributed by atoms with van der Waals surface area (Å²) in [5.41, 5.74) is 1.93. The largest absolute Gasteiger partial charge is 0.462 e. The van der Waals surface area contributed by atoms with E-state index in [1.807, 2.05) is 44.2 Å². The van der Waals surface area contributed by atoms with Gasteiger partial charge >= 0.3 is 16.1 Å². The Morgan fingerprint density at radius 3 is 2.19 bits per heavy atom. The lowest BCUT2D eigenvalue weighted by Crippen LogP contribution is -2.40. The van der Waals surface area contributed by atoms with E-state index in [1.165, 1.54) is 0 Å². The van der Waals surface area contributed by atoms with Crippen LogP contribution in [0.15, 0.2) is 54.6 Å². The fourth-order valence-electron chi connectivity index (χ4n) is 2.48. The third-order valence-electron chi connectivity index (χ3n) is 3.64. The molecule has 27 heavy (non-hydrogen) atoms. The molecule has 0 aromatic heterocycles. The van der Waals surface area contributed by atoms with Gasteiger partial charge < -0.3 is 14.2 Å². The van der Waals surface area contributed by atoms with Crippen molar-refractivity contribution in [2.24, 2.45) is 0 Å². The lowest BCUT2D eigenvalue weighted by Gasteiger charge is -2.19. The molecule has 0 aliphatic carbocycles. The summed E-state index contributed by atoms with van der Waals surface area (Å²) in [7, 11) is -3.57. The predicted molar refractivity (Wildman–Crippen MR) is 104 cm³/mol. The Kier molecular flexibility index (Phi) is 7.38. The number of benzene rings is 2. The first-order chi connectivity index (χ1) is 12.7. The number of esters is 1. The molecule has 0 heterocycles. The lowest BCUT2D eigenvalue weighted by atomic mass is 10.1. The van der Waals surface area contributed by atoms with E-state index in [0.717, 1.165) is 17.4 Å². The lowest BCUT2D eigenvalue weighted by molar-refractivity contribution is -0.150. The van der Waals surface area contributed by atoms with Gasteiger partial charge in [-0.05, 0) is 43.5 Å². The number of rotatable bonds is 9. The van der Waals surface area contributed by atoms with Crippen LogP contribution in [0.1, 0.15) is 25.0 Å². The minimum absolute atomic E-state index is 0.205. The van der Waals surface area contributed by atoms with E-state index in [4.69, 9.17) is 8.92 Å². The Balaban J connectivity index is 2.07. The second kappa shape index (κ2) is 9.53. The zero-order valence-electron chi connectivity index (χ0n) is 15.7. The number of hydrogen-bond acceptors (Lipinski definition) is 6. The third-order valence-corrected chi connectivity index (χ3v) is 4.14. The van der Waals surface area contributed by atoms with Gasteiger partial charge in [0.15, 0.2) is 0 Å². The van der Waals surface area contributed by atoms with Gasteiger partial charge in [0.1, 0.15) is 11.8 Å². The summed E-state index contributed by atoms with van der Waals surface area (Å²) in [6.07, 6.45) is 1.20. The van der Waals surface area contributed by atoms with E-state index in [0.29, 0.717) is 13.0 Å². The minimum Gasteiger partial charge on any atom is -0.462 e. The van der Waals surface area contributed by atoms with Crippen molar-refractivity contribution in [3.05, 3.63) is 65.7 Å². The monoisotopic (exact) mass is 391 g/mol. The minimum atomic E-state index is -3.57. The molecule has 0 saturated carbocycles. The summed E-state index contributed by atoms with van der Waals surface area (Å²) in [5, 5.41) is 3.24. The van der Waals surface area contributed by atoms with Crippen molar-refractivity contribution in [2.75, 3.05) is 6.26 Å². The fraction of sp³-hybridized carbons (Fsp3) is 0.350. The highest BCUT2D eigenvalue weighted by Gasteiger charge is 2.21. The van der Waals surface area contributed by atoms with Crippen LogP contribution in [0.25, 0.3) is 0 Å². The molecule has 0 radical (unpaired) electrons. The molecule has 2 aromatic carbocycles. The van der Waals surface area contributed by atoms with Crippen LogP contribution in [0.4, 0.5) is 0 Å². The normalized spacial score (nSPS) is 12.6. The van der Waals surface area contributed by atoms with E-state index in [-0.39, 0.29) is 17.8 Å². The molecular formula is C20H25NO5S. The molecule has 0 bridgehead atoms. The van der Waals surface area contributed by atoms with Gasteiger partial charge in [0.05, 0.1) is 12.4 Å². The number of carbonyl (C=O) groups is 1. The molecule has 2 aromatic rings. The molecule has 2 rings (SSSR count). The van der Waals surface area contributed by atoms with Crippen molar-refractivity contribution >= 4 is 16.1 Å². The summed E-state index contributed by atoms with van der Waals surface area (Å²) < 4.78 is 32.6. The van der Waals surface area contributed by atoms with Gasteiger partial charge in [0.25, 0.3) is 0 Å². The Labute approximate surface area is 160 Å². The Hall–Kier alpha value is -2.38. The maximum Gasteiger partial charge on any atom is 0.323 e. The van der Waals surface area contributed by atoms with Crippen LogP contribution in [0.3, 0.4) is 0 Å². The molecular weight excluding hydrogens is 366 g/mol. The molecule has 0 amide bonds. The molecule has 1 N–H and O–H groups in total. The van der Waals surface area contributed by atoms with Gasteiger partial charge in [-0.2, -0.15) is 8.42 Å². The van der Waals surface area contributed by atoms with Crippen LogP contribution in [-0.4, -0.2) is 32.8 Å². The Morgan fingerprint density at radius 1 is 1.00 bits per heavy atom. The van der Waals surface area contributed by atoms with Gasteiger partial charge in [0.2, 0.25) is 0 Å². The molecule has 0 unspecified atom stereocenters. The highest BCUT2D eigenvalue weighted by Crippen LogP contribution is 2.16. The summed E-state index contributed by atoms with van der Waals surface area (Å²) in [6.45, 7) is 4.15. The highest BCUT2D eigenvalue weighted by molar-refractivity contribution is 7.86. The average molecular weight is 391 g/mol. The maximum absolute atomic E-state index is 12.4. The van der Waals surface area contributed by atoms with Crippen LogP contribution in [0, 0.1) is 0 Å². The van der Waals surface area contributed by atoms with Crippen molar-refractivity contribution in [3.63, 3.8) is 0 Å². The highest BCUT2D eigenvalue weighted by atomic mass is 32.2. The average Bonchev–Trinajstić information content (AvgIpc) is 2.59. The zero-order chi connectivity index (χ0) is 19.9. The van der Waals surface area contributed by atoms with Crippen LogP contribution >= 0.6 is 0 Å². The fourth-order valence-corrected chi connectivity index (χ4v) is 2.94. The van der Waals surface area contributed by atoms with Gasteiger partial charge in [-0.1, -0.05) is 42.5 Å². The maximum atomic E-state index is 12.4. The zero-order valence-corrected chi connectivity index (χ0v) is 16.5. The first-order valence-corrected chi connectivity index (χ1v) is 10.5. The second-order valence-corrected chi connectivity index (χ2v) is 8.12. The first-order valence-electron chi connectivity index (χ1n) is 8.69. The number of carbonyl (C=O) groups excluding carboxylic acids is 1. The molecule has 1 atom stereocenters. The SMILES string of the molecule is CC(C)OC(=O)[C@H](Cc1ccc(OS(C)(=O)=O)cc1)NCc1ccccc1. The van der Waals surface area contributed by atoms with Crippen molar-refractivity contribution in [1.29, 1.82) is 0 Å². The summed E-state index contributed by atoms with van der Waals surface area (Å²) in [4.78, 5) is 12.4. The number of ether oxygens (including phenoxy) is 1. The standard InChI is InChI=1S/C20H25NO5S/c1-15(2)25-20(22)19(21-14-17-7-5-4-6-8-17)13-16-9-11-18(12-10-16)26-27(3,23)24/h4-12,15,19,21H,13-14H2,1-3H3/t19-/m0/s1. The topological polar surface area (TPSA) is 81.7 Å². The summed E-state index contributed by atoms with van der Waals surface area (Å²) in [6, 6.07) is 15.9. The molecule has 6 nitrogen and oxygen atoms in total.